The van der Waals surface area contributed by atoms with E-state index in [1.165, 1.54) is 12.6 Å². The van der Waals surface area contributed by atoms with Gasteiger partial charge in [-0.3, -0.25) is 9.88 Å². The molecule has 9 heteroatoms. The Morgan fingerprint density at radius 3 is 2.48 bits per heavy atom. The molecule has 5 rings (SSSR count). The third kappa shape index (κ3) is 4.79. The van der Waals surface area contributed by atoms with E-state index < -0.39 is 9.84 Å². The first-order valence-electron chi connectivity index (χ1n) is 10.5. The van der Waals surface area contributed by atoms with Crippen molar-refractivity contribution in [3.05, 3.63) is 84.3 Å². The molecule has 0 bridgehead atoms. The molecule has 0 N–H and O–H groups in total. The molecule has 0 amide bonds. The van der Waals surface area contributed by atoms with Gasteiger partial charge >= 0.3 is 0 Å². The van der Waals surface area contributed by atoms with Crippen LogP contribution in [0.15, 0.2) is 72.3 Å². The fraction of sp³-hybridized carbons (Fsp3) is 0.208. The van der Waals surface area contributed by atoms with E-state index in [9.17, 15) is 8.42 Å². The molecule has 1 aromatic carbocycles. The van der Waals surface area contributed by atoms with Gasteiger partial charge in [0.2, 0.25) is 0 Å². The van der Waals surface area contributed by atoms with Crippen LogP contribution in [0, 0.1) is 0 Å². The van der Waals surface area contributed by atoms with E-state index in [-0.39, 0.29) is 0 Å². The molecule has 0 radical (unpaired) electrons. The number of fused-ring (bicyclic) bond motifs is 1. The van der Waals surface area contributed by atoms with Crippen LogP contribution in [0.4, 0.5) is 0 Å². The van der Waals surface area contributed by atoms with E-state index in [1.807, 2.05) is 24.4 Å². The zero-order valence-electron chi connectivity index (χ0n) is 18.1. The molecule has 33 heavy (non-hydrogen) atoms. The lowest BCUT2D eigenvalue weighted by molar-refractivity contribution is 0.240. The normalized spacial score (nSPS) is 14.1. The van der Waals surface area contributed by atoms with Crippen LogP contribution in [-0.2, 0) is 29.3 Å². The standard InChI is InChI=1S/C24H22N6O2S/c1-33(31,32)21-7-5-17(6-8-21)22-4-2-3-20(28-22)15-30-10-9-23-19(14-30)13-27-24(29-23)18-11-25-16-26-12-18/h2-8,11-13,16H,9-10,14-15H2,1H3. The van der Waals surface area contributed by atoms with Crippen LogP contribution in [0.1, 0.15) is 17.0 Å². The number of hydrogen-bond acceptors (Lipinski definition) is 8. The molecule has 166 valence electrons. The summed E-state index contributed by atoms with van der Waals surface area (Å²) in [6.07, 6.45) is 8.87. The minimum Gasteiger partial charge on any atom is -0.293 e. The van der Waals surface area contributed by atoms with Crippen LogP contribution in [-0.4, -0.2) is 51.0 Å². The second-order valence-corrected chi connectivity index (χ2v) is 10.1. The largest absolute Gasteiger partial charge is 0.293 e. The average molecular weight is 459 g/mol. The number of pyridine rings is 1. The second-order valence-electron chi connectivity index (χ2n) is 8.06. The lowest BCUT2D eigenvalue weighted by Gasteiger charge is -2.27. The molecule has 0 atom stereocenters. The van der Waals surface area contributed by atoms with Gasteiger partial charge in [0, 0.05) is 62.0 Å². The maximum absolute atomic E-state index is 11.7. The van der Waals surface area contributed by atoms with Gasteiger partial charge in [-0.1, -0.05) is 18.2 Å². The molecule has 4 aromatic rings. The highest BCUT2D eigenvalue weighted by molar-refractivity contribution is 7.90. The average Bonchev–Trinajstić information content (AvgIpc) is 2.84. The molecular formula is C24H22N6O2S. The Kier molecular flexibility index (Phi) is 5.65. The molecule has 4 heterocycles. The number of nitrogens with zero attached hydrogens (tertiary/aromatic N) is 6. The molecule has 8 nitrogen and oxygen atoms in total. The van der Waals surface area contributed by atoms with E-state index in [2.05, 4.69) is 19.9 Å². The predicted molar refractivity (Wildman–Crippen MR) is 124 cm³/mol. The Morgan fingerprint density at radius 1 is 0.939 bits per heavy atom. The molecule has 1 aliphatic rings. The summed E-state index contributed by atoms with van der Waals surface area (Å²) in [5.74, 6) is 0.652. The van der Waals surface area contributed by atoms with Crippen LogP contribution in [0.5, 0.6) is 0 Å². The summed E-state index contributed by atoms with van der Waals surface area (Å²) < 4.78 is 23.4. The fourth-order valence-corrected chi connectivity index (χ4v) is 4.52. The minimum absolute atomic E-state index is 0.305. The third-order valence-electron chi connectivity index (χ3n) is 5.60. The number of benzene rings is 1. The molecule has 1 aliphatic heterocycles. The maximum Gasteiger partial charge on any atom is 0.175 e. The number of hydrogen-bond donors (Lipinski definition) is 0. The van der Waals surface area contributed by atoms with Crippen molar-refractivity contribution in [2.75, 3.05) is 12.8 Å². The highest BCUT2D eigenvalue weighted by Crippen LogP contribution is 2.23. The van der Waals surface area contributed by atoms with Gasteiger partial charge in [0.05, 0.1) is 27.5 Å². The van der Waals surface area contributed by atoms with Crippen molar-refractivity contribution < 1.29 is 8.42 Å². The summed E-state index contributed by atoms with van der Waals surface area (Å²) in [5.41, 5.74) is 5.67. The van der Waals surface area contributed by atoms with Gasteiger partial charge in [-0.05, 0) is 24.3 Å². The molecule has 0 fully saturated rings. The first-order valence-corrected chi connectivity index (χ1v) is 12.4. The molecule has 0 saturated carbocycles. The summed E-state index contributed by atoms with van der Waals surface area (Å²) >= 11 is 0. The lowest BCUT2D eigenvalue weighted by Crippen LogP contribution is -2.31. The van der Waals surface area contributed by atoms with Gasteiger partial charge in [-0.25, -0.2) is 28.4 Å². The highest BCUT2D eigenvalue weighted by atomic mass is 32.2. The third-order valence-corrected chi connectivity index (χ3v) is 6.73. The predicted octanol–water partition coefficient (Wildman–Crippen LogP) is 2.96. The fourth-order valence-electron chi connectivity index (χ4n) is 3.89. The summed E-state index contributed by atoms with van der Waals surface area (Å²) in [7, 11) is -3.22. The Hall–Kier alpha value is -3.56. The van der Waals surface area contributed by atoms with Crippen molar-refractivity contribution in [2.24, 2.45) is 0 Å². The minimum atomic E-state index is -3.22. The Morgan fingerprint density at radius 2 is 1.73 bits per heavy atom. The first-order chi connectivity index (χ1) is 16.0. The van der Waals surface area contributed by atoms with Gasteiger partial charge in [-0.15, -0.1) is 0 Å². The smallest absolute Gasteiger partial charge is 0.175 e. The summed E-state index contributed by atoms with van der Waals surface area (Å²) in [5, 5.41) is 0. The van der Waals surface area contributed by atoms with Crippen molar-refractivity contribution in [1.29, 1.82) is 0 Å². The SMILES string of the molecule is CS(=O)(=O)c1ccc(-c2cccc(CN3CCc4nc(-c5cncnc5)ncc4C3)n2)cc1. The van der Waals surface area contributed by atoms with Crippen LogP contribution < -0.4 is 0 Å². The second kappa shape index (κ2) is 8.76. The van der Waals surface area contributed by atoms with Gasteiger partial charge in [0.15, 0.2) is 15.7 Å². The zero-order valence-corrected chi connectivity index (χ0v) is 18.9. The Bertz CT molecular complexity index is 1390. The number of aromatic nitrogens is 5. The van der Waals surface area contributed by atoms with Gasteiger partial charge in [0.25, 0.3) is 0 Å². The van der Waals surface area contributed by atoms with Crippen LogP contribution in [0.2, 0.25) is 0 Å². The van der Waals surface area contributed by atoms with Crippen LogP contribution in [0.25, 0.3) is 22.6 Å². The summed E-state index contributed by atoms with van der Waals surface area (Å²) in [6.45, 7) is 2.35. The number of sulfone groups is 1. The van der Waals surface area contributed by atoms with Crippen molar-refractivity contribution in [2.45, 2.75) is 24.4 Å². The summed E-state index contributed by atoms with van der Waals surface area (Å²) in [4.78, 5) is 24.8. The molecule has 0 aliphatic carbocycles. The molecule has 3 aromatic heterocycles. The molecule has 0 spiro atoms. The first kappa shape index (κ1) is 21.3. The highest BCUT2D eigenvalue weighted by Gasteiger charge is 2.19. The van der Waals surface area contributed by atoms with Gasteiger partial charge in [0.1, 0.15) is 6.33 Å². The number of rotatable bonds is 5. The maximum atomic E-state index is 11.7. The Labute approximate surface area is 192 Å². The molecular weight excluding hydrogens is 436 g/mol. The van der Waals surface area contributed by atoms with E-state index in [0.717, 1.165) is 53.3 Å². The Balaban J connectivity index is 1.30. The van der Waals surface area contributed by atoms with Gasteiger partial charge < -0.3 is 0 Å². The van der Waals surface area contributed by atoms with Crippen LogP contribution >= 0.6 is 0 Å². The van der Waals surface area contributed by atoms with Crippen LogP contribution in [0.3, 0.4) is 0 Å². The topological polar surface area (TPSA) is 102 Å². The van der Waals surface area contributed by atoms with E-state index in [4.69, 9.17) is 9.97 Å². The molecule has 0 saturated heterocycles. The lowest BCUT2D eigenvalue weighted by atomic mass is 10.1. The van der Waals surface area contributed by atoms with E-state index in [0.29, 0.717) is 17.3 Å². The van der Waals surface area contributed by atoms with E-state index in [1.54, 1.807) is 36.7 Å². The zero-order chi connectivity index (χ0) is 22.8. The van der Waals surface area contributed by atoms with Crippen molar-refractivity contribution in [3.8, 4) is 22.6 Å². The van der Waals surface area contributed by atoms with Crippen molar-refractivity contribution >= 4 is 9.84 Å². The van der Waals surface area contributed by atoms with Gasteiger partial charge in [-0.2, -0.15) is 0 Å². The molecule has 0 unspecified atom stereocenters. The van der Waals surface area contributed by atoms with Crippen molar-refractivity contribution in [1.82, 2.24) is 29.8 Å². The monoisotopic (exact) mass is 458 g/mol. The summed E-state index contributed by atoms with van der Waals surface area (Å²) in [6, 6.07) is 12.8. The van der Waals surface area contributed by atoms with Crippen molar-refractivity contribution in [3.63, 3.8) is 0 Å². The van der Waals surface area contributed by atoms with E-state index >= 15 is 0 Å². The quantitative estimate of drug-likeness (QED) is 0.450.